The van der Waals surface area contributed by atoms with E-state index < -0.39 is 35.7 Å². The van der Waals surface area contributed by atoms with Crippen molar-refractivity contribution in [3.63, 3.8) is 0 Å². The van der Waals surface area contributed by atoms with Crippen LogP contribution in [0.25, 0.3) is 0 Å². The second-order valence-electron chi connectivity index (χ2n) is 5.64. The van der Waals surface area contributed by atoms with Gasteiger partial charge in [-0.25, -0.2) is 9.59 Å². The fourth-order valence-corrected chi connectivity index (χ4v) is 2.26. The summed E-state index contributed by atoms with van der Waals surface area (Å²) in [7, 11) is 0. The zero-order chi connectivity index (χ0) is 20.3. The van der Waals surface area contributed by atoms with Crippen LogP contribution >= 0.6 is 0 Å². The Bertz CT molecular complexity index is 720. The van der Waals surface area contributed by atoms with Crippen molar-refractivity contribution in [1.82, 2.24) is 0 Å². The van der Waals surface area contributed by atoms with Gasteiger partial charge >= 0.3 is 24.1 Å². The Morgan fingerprint density at radius 2 is 1.81 bits per heavy atom. The molecule has 0 unspecified atom stereocenters. The maximum absolute atomic E-state index is 11.5. The lowest BCUT2D eigenvalue weighted by atomic mass is 9.90. The molecule has 26 heavy (non-hydrogen) atoms. The van der Waals surface area contributed by atoms with Crippen molar-refractivity contribution in [3.05, 3.63) is 29.3 Å². The van der Waals surface area contributed by atoms with E-state index in [1.807, 2.05) is 19.1 Å². The summed E-state index contributed by atoms with van der Waals surface area (Å²) in [6, 6.07) is 4.08. The third kappa shape index (κ3) is 5.09. The fraction of sp³-hybridized carbons (Fsp3) is 0.400. The van der Waals surface area contributed by atoms with Gasteiger partial charge in [-0.3, -0.25) is 4.79 Å². The highest BCUT2D eigenvalue weighted by molar-refractivity contribution is 5.82. The Morgan fingerprint density at radius 3 is 2.23 bits per heavy atom. The van der Waals surface area contributed by atoms with Gasteiger partial charge in [0, 0.05) is 12.8 Å². The summed E-state index contributed by atoms with van der Waals surface area (Å²) in [5, 5.41) is 25.3. The molecule has 2 rings (SSSR count). The third-order valence-corrected chi connectivity index (χ3v) is 3.50. The summed E-state index contributed by atoms with van der Waals surface area (Å²) in [5.74, 6) is -4.72. The highest BCUT2D eigenvalue weighted by Gasteiger charge is 2.48. The molecule has 0 aliphatic carbocycles. The first kappa shape index (κ1) is 21.2. The number of ether oxygens (including phenoxy) is 1. The van der Waals surface area contributed by atoms with E-state index in [4.69, 9.17) is 25.5 Å². The maximum atomic E-state index is 11.5. The van der Waals surface area contributed by atoms with Gasteiger partial charge < -0.3 is 25.8 Å². The molecule has 1 aliphatic rings. The van der Waals surface area contributed by atoms with Crippen molar-refractivity contribution in [3.8, 4) is 5.75 Å². The van der Waals surface area contributed by atoms with Gasteiger partial charge in [0.2, 0.25) is 5.60 Å². The number of carboxylic acids is 3. The molecule has 1 heterocycles. The van der Waals surface area contributed by atoms with Gasteiger partial charge in [-0.05, 0) is 18.6 Å². The Balaban J connectivity index is 0.000000412. The van der Waals surface area contributed by atoms with Crippen molar-refractivity contribution < 1.29 is 47.6 Å². The van der Waals surface area contributed by atoms with Gasteiger partial charge in [0.25, 0.3) is 0 Å². The van der Waals surface area contributed by atoms with E-state index in [1.54, 1.807) is 6.07 Å². The zero-order valence-electron chi connectivity index (χ0n) is 13.4. The van der Waals surface area contributed by atoms with Crippen LogP contribution in [0.5, 0.6) is 5.75 Å². The van der Waals surface area contributed by atoms with Crippen molar-refractivity contribution in [2.75, 3.05) is 0 Å². The monoisotopic (exact) mass is 379 g/mol. The number of aliphatic carboxylic acids is 3. The molecule has 0 bridgehead atoms. The molecule has 5 N–H and O–H groups in total. The van der Waals surface area contributed by atoms with Crippen LogP contribution in [-0.2, 0) is 20.8 Å². The van der Waals surface area contributed by atoms with Gasteiger partial charge in [-0.1, -0.05) is 17.7 Å². The quantitative estimate of drug-likeness (QED) is 0.610. The molecule has 0 saturated heterocycles. The van der Waals surface area contributed by atoms with E-state index in [-0.39, 0.29) is 12.8 Å². The minimum Gasteiger partial charge on any atom is -0.480 e. The van der Waals surface area contributed by atoms with Crippen molar-refractivity contribution >= 4 is 17.9 Å². The van der Waals surface area contributed by atoms with E-state index in [9.17, 15) is 27.9 Å². The van der Waals surface area contributed by atoms with E-state index in [1.165, 1.54) is 0 Å². The zero-order valence-corrected chi connectivity index (χ0v) is 13.4. The second kappa shape index (κ2) is 7.60. The minimum atomic E-state index is -5.08. The van der Waals surface area contributed by atoms with Crippen LogP contribution in [-0.4, -0.2) is 51.0 Å². The standard InChI is InChI=1S/C13H15NO5.C2HF3O2/c1-7-2-3-10-8(4-7)5-13(19-10,12(17)18)6-9(14)11(15)16;3-2(4,5)1(6)7/h2-4,9H,5-6,14H2,1H3,(H,15,16)(H,17,18);(H,6,7)/t9-,13-;/m0./s1. The first-order chi connectivity index (χ1) is 11.8. The van der Waals surface area contributed by atoms with Crippen molar-refractivity contribution in [2.24, 2.45) is 5.73 Å². The lowest BCUT2D eigenvalue weighted by Gasteiger charge is -2.25. The molecule has 1 aliphatic heterocycles. The summed E-state index contributed by atoms with van der Waals surface area (Å²) in [5.41, 5.74) is 5.61. The summed E-state index contributed by atoms with van der Waals surface area (Å²) in [4.78, 5) is 31.2. The highest BCUT2D eigenvalue weighted by atomic mass is 19.4. The van der Waals surface area contributed by atoms with Crippen LogP contribution in [0.3, 0.4) is 0 Å². The smallest absolute Gasteiger partial charge is 0.480 e. The van der Waals surface area contributed by atoms with Gasteiger partial charge in [0.1, 0.15) is 11.8 Å². The summed E-state index contributed by atoms with van der Waals surface area (Å²) in [6.07, 6.45) is -5.23. The van der Waals surface area contributed by atoms with Crippen LogP contribution in [0, 0.1) is 6.92 Å². The molecule has 1 aromatic rings. The Hall–Kier alpha value is -2.82. The normalized spacial score (nSPS) is 19.4. The molecule has 0 spiro atoms. The molecule has 0 fully saturated rings. The topological polar surface area (TPSA) is 147 Å². The van der Waals surface area contributed by atoms with Crippen LogP contribution in [0.4, 0.5) is 13.2 Å². The molecule has 2 atom stereocenters. The number of benzene rings is 1. The SMILES string of the molecule is Cc1ccc2c(c1)C[C@](C[C@H](N)C(=O)O)(C(=O)O)O2.O=C(O)C(F)(F)F. The Labute approximate surface area is 145 Å². The maximum Gasteiger partial charge on any atom is 0.490 e. The molecular formula is C15H16F3NO7. The van der Waals surface area contributed by atoms with Gasteiger partial charge in [0.15, 0.2) is 0 Å². The Morgan fingerprint density at radius 1 is 1.27 bits per heavy atom. The predicted molar refractivity (Wildman–Crippen MR) is 79.8 cm³/mol. The fourth-order valence-electron chi connectivity index (χ4n) is 2.26. The Kier molecular flexibility index (Phi) is 6.20. The second-order valence-corrected chi connectivity index (χ2v) is 5.64. The number of carboxylic acid groups (broad SMARTS) is 3. The summed E-state index contributed by atoms with van der Waals surface area (Å²) >= 11 is 0. The van der Waals surface area contributed by atoms with E-state index in [0.29, 0.717) is 5.75 Å². The van der Waals surface area contributed by atoms with Gasteiger partial charge in [0.05, 0.1) is 0 Å². The van der Waals surface area contributed by atoms with Crippen LogP contribution in [0.1, 0.15) is 17.5 Å². The molecule has 11 heteroatoms. The van der Waals surface area contributed by atoms with Crippen LogP contribution < -0.4 is 10.5 Å². The lowest BCUT2D eigenvalue weighted by molar-refractivity contribution is -0.192. The molecule has 0 saturated carbocycles. The number of rotatable bonds is 4. The number of alkyl halides is 3. The summed E-state index contributed by atoms with van der Waals surface area (Å²) in [6.45, 7) is 1.89. The van der Waals surface area contributed by atoms with Crippen molar-refractivity contribution in [1.29, 1.82) is 0 Å². The minimum absolute atomic E-state index is 0.125. The molecule has 8 nitrogen and oxygen atoms in total. The third-order valence-electron chi connectivity index (χ3n) is 3.50. The van der Waals surface area contributed by atoms with E-state index >= 15 is 0 Å². The highest BCUT2D eigenvalue weighted by Crippen LogP contribution is 2.38. The van der Waals surface area contributed by atoms with Gasteiger partial charge in [-0.2, -0.15) is 13.2 Å². The number of nitrogens with two attached hydrogens (primary N) is 1. The van der Waals surface area contributed by atoms with Gasteiger partial charge in [-0.15, -0.1) is 0 Å². The molecular weight excluding hydrogens is 363 g/mol. The summed E-state index contributed by atoms with van der Waals surface area (Å²) < 4.78 is 37.2. The number of fused-ring (bicyclic) bond motifs is 1. The van der Waals surface area contributed by atoms with Crippen molar-refractivity contribution in [2.45, 2.75) is 37.6 Å². The lowest BCUT2D eigenvalue weighted by Crippen LogP contribution is -2.50. The van der Waals surface area contributed by atoms with E-state index in [2.05, 4.69) is 0 Å². The molecule has 0 amide bonds. The van der Waals surface area contributed by atoms with Crippen LogP contribution in [0.15, 0.2) is 18.2 Å². The number of carbonyl (C=O) groups is 3. The molecule has 1 aromatic carbocycles. The number of halogens is 3. The first-order valence-electron chi connectivity index (χ1n) is 7.09. The number of hydrogen-bond donors (Lipinski definition) is 4. The average molecular weight is 379 g/mol. The molecule has 0 radical (unpaired) electrons. The number of hydrogen-bond acceptors (Lipinski definition) is 5. The predicted octanol–water partition coefficient (Wildman–Crippen LogP) is 1.19. The average Bonchev–Trinajstić information content (AvgIpc) is 2.85. The molecule has 144 valence electrons. The number of aryl methyl sites for hydroxylation is 1. The van der Waals surface area contributed by atoms with Crippen LogP contribution in [0.2, 0.25) is 0 Å². The van der Waals surface area contributed by atoms with E-state index in [0.717, 1.165) is 11.1 Å². The largest absolute Gasteiger partial charge is 0.490 e. The first-order valence-corrected chi connectivity index (χ1v) is 7.09. The molecule has 0 aromatic heterocycles.